The van der Waals surface area contributed by atoms with Gasteiger partial charge < -0.3 is 10.2 Å². The van der Waals surface area contributed by atoms with Gasteiger partial charge in [0.25, 0.3) is 0 Å². The second-order valence-corrected chi connectivity index (χ2v) is 18.8. The summed E-state index contributed by atoms with van der Waals surface area (Å²) in [6.45, 7) is 13.6. The van der Waals surface area contributed by atoms with E-state index in [4.69, 9.17) is 0 Å². The molecule has 0 bridgehead atoms. The van der Waals surface area contributed by atoms with Crippen molar-refractivity contribution in [2.24, 2.45) is 5.92 Å². The second-order valence-electron chi connectivity index (χ2n) is 17.2. The zero-order valence-corrected chi connectivity index (χ0v) is 32.6. The first-order valence-corrected chi connectivity index (χ1v) is 21.0. The van der Waals surface area contributed by atoms with Crippen molar-refractivity contribution in [3.05, 3.63) is 57.6 Å². The monoisotopic (exact) mass is 680 g/mol. The molecule has 264 valence electrons. The smallest absolute Gasteiger partial charge is 0.123 e. The van der Waals surface area contributed by atoms with Crippen LogP contribution < -0.4 is 0 Å². The van der Waals surface area contributed by atoms with Crippen LogP contribution >= 0.6 is 24.4 Å². The van der Waals surface area contributed by atoms with Crippen LogP contribution in [0, 0.1) is 5.92 Å². The Balaban J connectivity index is 0.000000223. The van der Waals surface area contributed by atoms with Crippen LogP contribution in [0.2, 0.25) is 0 Å². The van der Waals surface area contributed by atoms with Gasteiger partial charge in [0.2, 0.25) is 0 Å². The molecular formula is C43H68O2S2. The molecule has 0 spiro atoms. The van der Waals surface area contributed by atoms with E-state index in [2.05, 4.69) is 90.2 Å². The molecule has 3 saturated carbocycles. The second kappa shape index (κ2) is 18.1. The normalized spacial score (nSPS) is 19.5. The van der Waals surface area contributed by atoms with Crippen LogP contribution in [0.25, 0.3) is 0 Å². The fraction of sp³-hybridized carbons (Fsp3) is 0.721. The molecule has 0 amide bonds. The number of thiol groups is 1. The first-order chi connectivity index (χ1) is 22.4. The molecule has 3 aliphatic carbocycles. The number of rotatable bonds is 7. The lowest BCUT2D eigenvalue weighted by Crippen LogP contribution is -2.14. The Kier molecular flexibility index (Phi) is 14.9. The van der Waals surface area contributed by atoms with Crippen LogP contribution in [0.5, 0.6) is 11.5 Å². The molecule has 2 aromatic rings. The van der Waals surface area contributed by atoms with Gasteiger partial charge in [0, 0.05) is 27.9 Å². The molecule has 2 nitrogen and oxygen atoms in total. The fourth-order valence-electron chi connectivity index (χ4n) is 7.95. The summed E-state index contributed by atoms with van der Waals surface area (Å²) in [6, 6.07) is 8.97. The van der Waals surface area contributed by atoms with Gasteiger partial charge in [0.05, 0.1) is 0 Å². The quantitative estimate of drug-likeness (QED) is 0.255. The fourth-order valence-corrected chi connectivity index (χ4v) is 9.49. The number of hydrogen-bond donors (Lipinski definition) is 3. The van der Waals surface area contributed by atoms with Crippen LogP contribution in [-0.2, 0) is 28.8 Å². The van der Waals surface area contributed by atoms with Crippen molar-refractivity contribution in [2.75, 3.05) is 0 Å². The number of phenols is 2. The average Bonchev–Trinajstić information content (AvgIpc) is 3.02. The lowest BCUT2D eigenvalue weighted by molar-refractivity contribution is 0.351. The van der Waals surface area contributed by atoms with Crippen LogP contribution in [0.1, 0.15) is 190 Å². The van der Waals surface area contributed by atoms with Crippen molar-refractivity contribution in [2.45, 2.75) is 191 Å². The van der Waals surface area contributed by atoms with E-state index in [0.29, 0.717) is 23.2 Å². The van der Waals surface area contributed by atoms with Gasteiger partial charge >= 0.3 is 0 Å². The summed E-state index contributed by atoms with van der Waals surface area (Å²) < 4.78 is 0. The van der Waals surface area contributed by atoms with E-state index in [1.54, 1.807) is 0 Å². The first kappa shape index (κ1) is 38.5. The lowest BCUT2D eigenvalue weighted by atomic mass is 9.79. The molecular weight excluding hydrogens is 613 g/mol. The van der Waals surface area contributed by atoms with Gasteiger partial charge in [-0.15, -0.1) is 0 Å². The van der Waals surface area contributed by atoms with E-state index in [1.165, 1.54) is 131 Å². The molecule has 4 heteroatoms. The van der Waals surface area contributed by atoms with Gasteiger partial charge in [-0.2, -0.15) is 24.4 Å². The van der Waals surface area contributed by atoms with Gasteiger partial charge in [-0.25, -0.2) is 0 Å². The average molecular weight is 681 g/mol. The van der Waals surface area contributed by atoms with Gasteiger partial charge in [-0.3, -0.25) is 0 Å². The Bertz CT molecular complexity index is 1230. The molecule has 0 aromatic heterocycles. The zero-order chi connectivity index (χ0) is 34.0. The molecule has 5 rings (SSSR count). The zero-order valence-electron chi connectivity index (χ0n) is 30.9. The molecule has 3 fully saturated rings. The number of thioether (sulfide) groups is 1. The first-order valence-electron chi connectivity index (χ1n) is 19.3. The molecule has 0 unspecified atom stereocenters. The summed E-state index contributed by atoms with van der Waals surface area (Å²) in [7, 11) is 0. The van der Waals surface area contributed by atoms with Crippen molar-refractivity contribution in [3.63, 3.8) is 0 Å². The number of benzene rings is 2. The summed E-state index contributed by atoms with van der Waals surface area (Å²) >= 11 is 6.48. The third-order valence-electron chi connectivity index (χ3n) is 11.2. The minimum atomic E-state index is 0.118. The van der Waals surface area contributed by atoms with E-state index < -0.39 is 0 Å². The molecule has 47 heavy (non-hydrogen) atoms. The van der Waals surface area contributed by atoms with E-state index in [-0.39, 0.29) is 10.8 Å². The van der Waals surface area contributed by atoms with E-state index in [0.717, 1.165) is 34.5 Å². The highest BCUT2D eigenvalue weighted by Gasteiger charge is 2.25. The molecule has 2 aromatic carbocycles. The summed E-state index contributed by atoms with van der Waals surface area (Å²) in [5.74, 6) is 3.99. The van der Waals surface area contributed by atoms with Crippen molar-refractivity contribution in [1.29, 1.82) is 0 Å². The maximum absolute atomic E-state index is 11.1. The van der Waals surface area contributed by atoms with Gasteiger partial charge in [-0.05, 0) is 77.0 Å². The molecule has 0 atom stereocenters. The van der Waals surface area contributed by atoms with Gasteiger partial charge in [0.1, 0.15) is 11.5 Å². The van der Waals surface area contributed by atoms with Crippen LogP contribution in [0.15, 0.2) is 24.3 Å². The molecule has 0 radical (unpaired) electrons. The van der Waals surface area contributed by atoms with Gasteiger partial charge in [0.15, 0.2) is 0 Å². The highest BCUT2D eigenvalue weighted by molar-refractivity contribution is 7.99. The number of hydrogen-bond acceptors (Lipinski definition) is 4. The summed E-state index contributed by atoms with van der Waals surface area (Å²) in [5.41, 5.74) is 7.51. The van der Waals surface area contributed by atoms with E-state index >= 15 is 0 Å². The van der Waals surface area contributed by atoms with Crippen LogP contribution in [0.3, 0.4) is 0 Å². The number of phenolic OH excluding ortho intramolecular Hbond substituents is 2. The predicted molar refractivity (Wildman–Crippen MR) is 210 cm³/mol. The number of aromatic hydroxyl groups is 2. The Labute approximate surface area is 299 Å². The van der Waals surface area contributed by atoms with Crippen LogP contribution in [-0.4, -0.2) is 15.5 Å². The largest absolute Gasteiger partial charge is 0.507 e. The molecule has 3 aliphatic rings. The van der Waals surface area contributed by atoms with Crippen LogP contribution in [0.4, 0.5) is 0 Å². The minimum absolute atomic E-state index is 0.118. The van der Waals surface area contributed by atoms with Crippen molar-refractivity contribution >= 4 is 24.4 Å². The Hall–Kier alpha value is -1.26. The third-order valence-corrected chi connectivity index (χ3v) is 13.0. The summed E-state index contributed by atoms with van der Waals surface area (Å²) in [5, 5.41) is 22.4. The topological polar surface area (TPSA) is 40.5 Å². The van der Waals surface area contributed by atoms with E-state index in [1.807, 2.05) is 0 Å². The maximum atomic E-state index is 11.1. The standard InChI is InChI=1S/C25H40OS.C18H28OS/c1-25(2,3)21-16-20(18-27-22-14-10-5-4-6-11-15-22)24(26)23(17-21)19-12-8-7-9-13-19;1-18(2,3)16-10-14(17(19)15(11-16)12-20)9-13-7-5-4-6-8-13/h16-17,19,22,26H,4-15,18H2,1-3H3;10-11,13,19-20H,4-9,12H2,1-3H3. The molecule has 2 N–H and O–H groups in total. The Morgan fingerprint density at radius 3 is 1.64 bits per heavy atom. The Morgan fingerprint density at radius 1 is 0.596 bits per heavy atom. The van der Waals surface area contributed by atoms with Crippen molar-refractivity contribution in [1.82, 2.24) is 0 Å². The molecule has 0 saturated heterocycles. The summed E-state index contributed by atoms with van der Waals surface area (Å²) in [6.07, 6.45) is 24.0. The predicted octanol–water partition coefficient (Wildman–Crippen LogP) is 13.3. The van der Waals surface area contributed by atoms with Crippen molar-refractivity contribution < 1.29 is 10.2 Å². The highest BCUT2D eigenvalue weighted by Crippen LogP contribution is 2.43. The van der Waals surface area contributed by atoms with Crippen molar-refractivity contribution in [3.8, 4) is 11.5 Å². The third kappa shape index (κ3) is 11.7. The highest BCUT2D eigenvalue weighted by atomic mass is 32.2. The van der Waals surface area contributed by atoms with Gasteiger partial charge in [-0.1, -0.05) is 149 Å². The minimum Gasteiger partial charge on any atom is -0.507 e. The lowest BCUT2D eigenvalue weighted by Gasteiger charge is -2.28. The molecule has 0 aliphatic heterocycles. The molecule has 0 heterocycles. The van der Waals surface area contributed by atoms with E-state index in [9.17, 15) is 10.2 Å². The maximum Gasteiger partial charge on any atom is 0.123 e. The summed E-state index contributed by atoms with van der Waals surface area (Å²) in [4.78, 5) is 0. The Morgan fingerprint density at radius 2 is 1.06 bits per heavy atom. The SMILES string of the molecule is CC(C)(C)c1cc(CS)c(O)c(CC2CCCCC2)c1.CC(C)(C)c1cc(CSC2CCCCCCC2)c(O)c(C2CCCCC2)c1.